The van der Waals surface area contributed by atoms with Gasteiger partial charge in [-0.3, -0.25) is 0 Å². The lowest BCUT2D eigenvalue weighted by Crippen LogP contribution is -2.66. The van der Waals surface area contributed by atoms with Crippen LogP contribution in [0.5, 0.6) is 0 Å². The fourth-order valence-corrected chi connectivity index (χ4v) is 5.14. The number of carbonyl (C=O) groups excluding carboxylic acids is 1. The molecule has 0 N–H and O–H groups in total. The van der Waals surface area contributed by atoms with Crippen molar-refractivity contribution in [1.29, 1.82) is 0 Å². The van der Waals surface area contributed by atoms with Crippen LogP contribution in [0.4, 0.5) is 4.79 Å². The predicted octanol–water partition coefficient (Wildman–Crippen LogP) is 5.07. The van der Waals surface area contributed by atoms with Gasteiger partial charge in [0.1, 0.15) is 11.2 Å². The summed E-state index contributed by atoms with van der Waals surface area (Å²) in [6.45, 7) is 6.39. The second kappa shape index (κ2) is 7.67. The maximum absolute atomic E-state index is 12.9. The number of nitrogens with zero attached hydrogens (tertiary/aromatic N) is 1. The number of benzene rings is 1. The third-order valence-electron chi connectivity index (χ3n) is 6.10. The van der Waals surface area contributed by atoms with Crippen molar-refractivity contribution in [2.75, 3.05) is 27.4 Å². The molecule has 1 saturated heterocycles. The first-order chi connectivity index (χ1) is 13.1. The molecule has 0 spiro atoms. The van der Waals surface area contributed by atoms with Crippen LogP contribution in [0.25, 0.3) is 0 Å². The van der Waals surface area contributed by atoms with Crippen LogP contribution in [0.15, 0.2) is 18.2 Å². The summed E-state index contributed by atoms with van der Waals surface area (Å²) in [5, 5.41) is 1.05. The van der Waals surface area contributed by atoms with Crippen molar-refractivity contribution >= 4 is 29.3 Å². The van der Waals surface area contributed by atoms with Crippen molar-refractivity contribution in [2.45, 2.75) is 62.7 Å². The summed E-state index contributed by atoms with van der Waals surface area (Å²) in [7, 11) is 3.34. The number of ether oxygens (including phenoxy) is 3. The molecular formula is C21H29Cl2NO4. The minimum atomic E-state index is -0.706. The van der Waals surface area contributed by atoms with E-state index in [0.29, 0.717) is 23.2 Å². The van der Waals surface area contributed by atoms with Crippen LogP contribution in [-0.2, 0) is 19.6 Å². The molecule has 1 heterocycles. The highest BCUT2D eigenvalue weighted by molar-refractivity contribution is 6.42. The third-order valence-corrected chi connectivity index (χ3v) is 6.83. The topological polar surface area (TPSA) is 48.0 Å². The van der Waals surface area contributed by atoms with Gasteiger partial charge in [0.2, 0.25) is 0 Å². The number of carbonyl (C=O) groups is 1. The second-order valence-corrected chi connectivity index (χ2v) is 9.66. The highest BCUT2D eigenvalue weighted by Gasteiger charge is 2.63. The Kier molecular flexibility index (Phi) is 5.95. The first-order valence-electron chi connectivity index (χ1n) is 9.57. The molecule has 1 saturated carbocycles. The van der Waals surface area contributed by atoms with Gasteiger partial charge < -0.3 is 19.1 Å². The van der Waals surface area contributed by atoms with E-state index in [4.69, 9.17) is 37.4 Å². The molecule has 28 heavy (non-hydrogen) atoms. The number of likely N-dealkylation sites (tertiary alicyclic amines) is 1. The molecule has 156 valence electrons. The summed E-state index contributed by atoms with van der Waals surface area (Å²) in [5.41, 5.74) is -0.491. The molecule has 2 fully saturated rings. The van der Waals surface area contributed by atoms with E-state index in [9.17, 15) is 4.79 Å². The van der Waals surface area contributed by atoms with E-state index in [0.717, 1.165) is 24.8 Å². The quantitative estimate of drug-likeness (QED) is 0.670. The maximum atomic E-state index is 12.9. The molecule has 0 aromatic heterocycles. The van der Waals surface area contributed by atoms with Crippen molar-refractivity contribution in [3.63, 3.8) is 0 Å². The normalized spacial score (nSPS) is 29.8. The molecule has 3 atom stereocenters. The van der Waals surface area contributed by atoms with Crippen LogP contribution in [0, 0.1) is 0 Å². The zero-order valence-corrected chi connectivity index (χ0v) is 18.7. The number of methoxy groups -OCH3 is 2. The van der Waals surface area contributed by atoms with Crippen molar-refractivity contribution in [3.05, 3.63) is 33.8 Å². The summed E-state index contributed by atoms with van der Waals surface area (Å²) in [4.78, 5) is 14.7. The van der Waals surface area contributed by atoms with E-state index in [1.807, 2.05) is 43.9 Å². The molecule has 0 radical (unpaired) electrons. The molecule has 1 amide bonds. The van der Waals surface area contributed by atoms with E-state index in [-0.39, 0.29) is 17.6 Å². The summed E-state index contributed by atoms with van der Waals surface area (Å²) in [6.07, 6.45) is 2.20. The average Bonchev–Trinajstić information content (AvgIpc) is 3.01. The minimum absolute atomic E-state index is 0.0874. The zero-order chi connectivity index (χ0) is 20.7. The summed E-state index contributed by atoms with van der Waals surface area (Å²) in [6, 6.07) is 5.86. The maximum Gasteiger partial charge on any atom is 0.410 e. The molecule has 2 bridgehead atoms. The predicted molar refractivity (Wildman–Crippen MR) is 110 cm³/mol. The Labute approximate surface area is 177 Å². The summed E-state index contributed by atoms with van der Waals surface area (Å²) in [5.74, 6) is 0. The van der Waals surface area contributed by atoms with Gasteiger partial charge in [-0.15, -0.1) is 0 Å². The molecule has 5 nitrogen and oxygen atoms in total. The number of fused-ring (bicyclic) bond motifs is 2. The first-order valence-corrected chi connectivity index (χ1v) is 10.3. The monoisotopic (exact) mass is 429 g/mol. The van der Waals surface area contributed by atoms with Gasteiger partial charge in [0, 0.05) is 25.7 Å². The van der Waals surface area contributed by atoms with Crippen LogP contribution >= 0.6 is 23.2 Å². The lowest BCUT2D eigenvalue weighted by molar-refractivity contribution is -0.147. The van der Waals surface area contributed by atoms with E-state index < -0.39 is 11.2 Å². The fraction of sp³-hybridized carbons (Fsp3) is 0.667. The van der Waals surface area contributed by atoms with E-state index in [1.165, 1.54) is 0 Å². The van der Waals surface area contributed by atoms with Gasteiger partial charge in [-0.1, -0.05) is 29.3 Å². The highest BCUT2D eigenvalue weighted by atomic mass is 35.5. The van der Waals surface area contributed by atoms with Crippen LogP contribution in [0.2, 0.25) is 10.0 Å². The Bertz CT molecular complexity index is 750. The number of piperidine rings is 1. The number of halogens is 2. The van der Waals surface area contributed by atoms with Crippen molar-refractivity contribution in [3.8, 4) is 0 Å². The van der Waals surface area contributed by atoms with E-state index >= 15 is 0 Å². The second-order valence-electron chi connectivity index (χ2n) is 8.85. The third kappa shape index (κ3) is 3.62. The molecule has 3 rings (SSSR count). The Balaban J connectivity index is 2.03. The van der Waals surface area contributed by atoms with E-state index in [1.54, 1.807) is 14.2 Å². The lowest BCUT2D eigenvalue weighted by atomic mass is 9.64. The Morgan fingerprint density at radius 3 is 2.54 bits per heavy atom. The average molecular weight is 430 g/mol. The van der Waals surface area contributed by atoms with Crippen molar-refractivity contribution in [2.24, 2.45) is 0 Å². The SMILES string of the molecule is COC[C@]1(OC)CN(C(=O)OC(C)(C)C)[C@H]2CC[C@@]1(c1ccc(Cl)c(Cl)c1)C2. The number of amides is 1. The lowest BCUT2D eigenvalue weighted by Gasteiger charge is -2.53. The smallest absolute Gasteiger partial charge is 0.410 e. The Morgan fingerprint density at radius 1 is 1.25 bits per heavy atom. The van der Waals surface area contributed by atoms with Gasteiger partial charge in [0.05, 0.1) is 23.2 Å². The van der Waals surface area contributed by atoms with Crippen LogP contribution in [0.3, 0.4) is 0 Å². The molecule has 1 aromatic rings. The molecule has 0 unspecified atom stereocenters. The van der Waals surface area contributed by atoms with Crippen LogP contribution in [0.1, 0.15) is 45.6 Å². The molecular weight excluding hydrogens is 401 g/mol. The Hall–Kier alpha value is -1.01. The minimum Gasteiger partial charge on any atom is -0.444 e. The largest absolute Gasteiger partial charge is 0.444 e. The van der Waals surface area contributed by atoms with Gasteiger partial charge in [-0.25, -0.2) is 4.79 Å². The number of rotatable bonds is 4. The fourth-order valence-electron chi connectivity index (χ4n) is 4.84. The zero-order valence-electron chi connectivity index (χ0n) is 17.2. The number of hydrogen-bond acceptors (Lipinski definition) is 4. The van der Waals surface area contributed by atoms with Gasteiger partial charge >= 0.3 is 6.09 Å². The van der Waals surface area contributed by atoms with Crippen molar-refractivity contribution < 1.29 is 19.0 Å². The summed E-state index contributed by atoms with van der Waals surface area (Å²) < 4.78 is 17.4. The van der Waals surface area contributed by atoms with Gasteiger partial charge in [-0.2, -0.15) is 0 Å². The van der Waals surface area contributed by atoms with Gasteiger partial charge in [0.15, 0.2) is 0 Å². The molecule has 7 heteroatoms. The first kappa shape index (κ1) is 21.7. The van der Waals surface area contributed by atoms with Crippen LogP contribution in [-0.4, -0.2) is 55.6 Å². The number of hydrogen-bond donors (Lipinski definition) is 0. The Morgan fingerprint density at radius 2 is 1.96 bits per heavy atom. The molecule has 1 aliphatic heterocycles. The summed E-state index contributed by atoms with van der Waals surface area (Å²) >= 11 is 12.5. The van der Waals surface area contributed by atoms with Crippen LogP contribution < -0.4 is 0 Å². The molecule has 1 aromatic carbocycles. The van der Waals surface area contributed by atoms with Gasteiger partial charge in [0.25, 0.3) is 0 Å². The molecule has 2 aliphatic rings. The highest BCUT2D eigenvalue weighted by Crippen LogP contribution is 2.56. The van der Waals surface area contributed by atoms with Crippen molar-refractivity contribution in [1.82, 2.24) is 4.90 Å². The standard InChI is InChI=1S/C21H29Cl2NO4/c1-19(2,3)28-18(25)24-12-21(27-5,13-26-4)20(9-8-15(24)11-20)14-6-7-16(22)17(23)10-14/h6-7,10,15H,8-9,11-13H2,1-5H3/t15-,20-,21+/m0/s1. The van der Waals surface area contributed by atoms with Gasteiger partial charge in [-0.05, 0) is 57.7 Å². The molecule has 1 aliphatic carbocycles. The van der Waals surface area contributed by atoms with E-state index in [2.05, 4.69) is 0 Å².